The smallest absolute Gasteiger partial charge is 0.0900 e. The standard InChI is InChI=1S/C13H29NO3/c1-3-4-10-17-12-13(16)11-14(2)8-6-5-7-9-15/h13,15-16H,3-12H2,1-2H3. The van der Waals surface area contributed by atoms with Crippen LogP contribution in [-0.2, 0) is 4.74 Å². The molecule has 0 aliphatic carbocycles. The molecule has 0 fully saturated rings. The number of aliphatic hydroxyl groups excluding tert-OH is 2. The van der Waals surface area contributed by atoms with Gasteiger partial charge in [-0.25, -0.2) is 0 Å². The van der Waals surface area contributed by atoms with E-state index in [4.69, 9.17) is 9.84 Å². The van der Waals surface area contributed by atoms with Gasteiger partial charge < -0.3 is 19.8 Å². The number of likely N-dealkylation sites (N-methyl/N-ethyl adjacent to an activating group) is 1. The fourth-order valence-corrected chi connectivity index (χ4v) is 1.64. The van der Waals surface area contributed by atoms with Gasteiger partial charge in [-0.15, -0.1) is 0 Å². The number of unbranched alkanes of at least 4 members (excludes halogenated alkanes) is 3. The summed E-state index contributed by atoms with van der Waals surface area (Å²) in [5, 5.41) is 18.4. The molecule has 4 heteroatoms. The van der Waals surface area contributed by atoms with Crippen LogP contribution in [0.4, 0.5) is 0 Å². The number of rotatable bonds is 12. The average molecular weight is 247 g/mol. The average Bonchev–Trinajstić information content (AvgIpc) is 2.30. The van der Waals surface area contributed by atoms with E-state index in [9.17, 15) is 5.11 Å². The van der Waals surface area contributed by atoms with Crippen molar-refractivity contribution in [3.05, 3.63) is 0 Å². The van der Waals surface area contributed by atoms with Crippen molar-refractivity contribution in [3.63, 3.8) is 0 Å². The van der Waals surface area contributed by atoms with E-state index in [2.05, 4.69) is 11.8 Å². The van der Waals surface area contributed by atoms with Gasteiger partial charge in [-0.2, -0.15) is 0 Å². The first-order chi connectivity index (χ1) is 8.20. The molecule has 2 N–H and O–H groups in total. The van der Waals surface area contributed by atoms with Crippen molar-refractivity contribution in [1.82, 2.24) is 4.90 Å². The Balaban J connectivity index is 3.35. The molecule has 0 aromatic rings. The molecular formula is C13H29NO3. The van der Waals surface area contributed by atoms with Gasteiger partial charge in [0.15, 0.2) is 0 Å². The van der Waals surface area contributed by atoms with Gasteiger partial charge in [0.2, 0.25) is 0 Å². The van der Waals surface area contributed by atoms with Crippen molar-refractivity contribution in [2.24, 2.45) is 0 Å². The minimum Gasteiger partial charge on any atom is -0.396 e. The minimum absolute atomic E-state index is 0.275. The second-order valence-electron chi connectivity index (χ2n) is 4.63. The Morgan fingerprint density at radius 1 is 1.18 bits per heavy atom. The lowest BCUT2D eigenvalue weighted by Crippen LogP contribution is -2.33. The monoisotopic (exact) mass is 247 g/mol. The van der Waals surface area contributed by atoms with Crippen molar-refractivity contribution in [2.45, 2.75) is 45.1 Å². The van der Waals surface area contributed by atoms with E-state index in [1.165, 1.54) is 0 Å². The quantitative estimate of drug-likeness (QED) is 0.510. The van der Waals surface area contributed by atoms with Crippen LogP contribution < -0.4 is 0 Å². The van der Waals surface area contributed by atoms with Crippen LogP contribution in [0.1, 0.15) is 39.0 Å². The van der Waals surface area contributed by atoms with Crippen LogP contribution in [0.5, 0.6) is 0 Å². The van der Waals surface area contributed by atoms with Crippen LogP contribution in [0.25, 0.3) is 0 Å². The van der Waals surface area contributed by atoms with Crippen LogP contribution >= 0.6 is 0 Å². The van der Waals surface area contributed by atoms with E-state index in [-0.39, 0.29) is 6.61 Å². The van der Waals surface area contributed by atoms with Crippen molar-refractivity contribution in [2.75, 3.05) is 40.0 Å². The van der Waals surface area contributed by atoms with E-state index >= 15 is 0 Å². The Bertz CT molecular complexity index is 140. The lowest BCUT2D eigenvalue weighted by Gasteiger charge is -2.20. The molecule has 104 valence electrons. The summed E-state index contributed by atoms with van der Waals surface area (Å²) in [6.07, 6.45) is 4.78. The Kier molecular flexibility index (Phi) is 12.2. The van der Waals surface area contributed by atoms with Crippen LogP contribution in [0, 0.1) is 0 Å². The zero-order chi connectivity index (χ0) is 12.9. The molecule has 0 saturated carbocycles. The maximum Gasteiger partial charge on any atom is 0.0900 e. The molecule has 0 aliphatic rings. The topological polar surface area (TPSA) is 52.9 Å². The van der Waals surface area contributed by atoms with Gasteiger partial charge in [-0.3, -0.25) is 0 Å². The third-order valence-electron chi connectivity index (χ3n) is 2.67. The predicted octanol–water partition coefficient (Wildman–Crippen LogP) is 1.26. The molecule has 0 saturated heterocycles. The summed E-state index contributed by atoms with van der Waals surface area (Å²) in [7, 11) is 2.01. The molecule has 0 heterocycles. The highest BCUT2D eigenvalue weighted by molar-refractivity contribution is 4.60. The first kappa shape index (κ1) is 16.8. The van der Waals surface area contributed by atoms with E-state index < -0.39 is 6.10 Å². The minimum atomic E-state index is -0.394. The first-order valence-corrected chi connectivity index (χ1v) is 6.76. The van der Waals surface area contributed by atoms with Crippen molar-refractivity contribution in [1.29, 1.82) is 0 Å². The summed E-state index contributed by atoms with van der Waals surface area (Å²) in [4.78, 5) is 2.12. The van der Waals surface area contributed by atoms with Crippen LogP contribution in [0.2, 0.25) is 0 Å². The van der Waals surface area contributed by atoms with E-state index in [0.717, 1.165) is 45.3 Å². The molecular weight excluding hydrogens is 218 g/mol. The molecule has 0 rings (SSSR count). The molecule has 1 atom stereocenters. The lowest BCUT2D eigenvalue weighted by molar-refractivity contribution is 0.0197. The highest BCUT2D eigenvalue weighted by Gasteiger charge is 2.07. The first-order valence-electron chi connectivity index (χ1n) is 6.76. The Morgan fingerprint density at radius 3 is 2.59 bits per heavy atom. The molecule has 0 aliphatic heterocycles. The normalized spacial score (nSPS) is 13.2. The number of nitrogens with zero attached hydrogens (tertiary/aromatic N) is 1. The fourth-order valence-electron chi connectivity index (χ4n) is 1.64. The Labute approximate surface area is 106 Å². The van der Waals surface area contributed by atoms with Crippen molar-refractivity contribution >= 4 is 0 Å². The molecule has 0 spiro atoms. The largest absolute Gasteiger partial charge is 0.396 e. The third kappa shape index (κ3) is 12.1. The van der Waals surface area contributed by atoms with Gasteiger partial charge in [0.25, 0.3) is 0 Å². The van der Waals surface area contributed by atoms with E-state index in [0.29, 0.717) is 13.2 Å². The van der Waals surface area contributed by atoms with Crippen molar-refractivity contribution in [3.8, 4) is 0 Å². The van der Waals surface area contributed by atoms with Gasteiger partial charge in [-0.1, -0.05) is 13.3 Å². The van der Waals surface area contributed by atoms with E-state index in [1.54, 1.807) is 0 Å². The fraction of sp³-hybridized carbons (Fsp3) is 1.00. The summed E-state index contributed by atoms with van der Waals surface area (Å²) in [5.74, 6) is 0. The van der Waals surface area contributed by atoms with E-state index in [1.807, 2.05) is 7.05 Å². The summed E-state index contributed by atoms with van der Waals surface area (Å²) in [5.41, 5.74) is 0. The van der Waals surface area contributed by atoms with Crippen molar-refractivity contribution < 1.29 is 14.9 Å². The zero-order valence-corrected chi connectivity index (χ0v) is 11.4. The molecule has 1 unspecified atom stereocenters. The van der Waals surface area contributed by atoms with Crippen LogP contribution in [0.15, 0.2) is 0 Å². The maximum absolute atomic E-state index is 9.71. The molecule has 0 radical (unpaired) electrons. The lowest BCUT2D eigenvalue weighted by atomic mass is 10.2. The highest BCUT2D eigenvalue weighted by atomic mass is 16.5. The second kappa shape index (κ2) is 12.3. The van der Waals surface area contributed by atoms with Gasteiger partial charge in [0.05, 0.1) is 12.7 Å². The zero-order valence-electron chi connectivity index (χ0n) is 11.4. The van der Waals surface area contributed by atoms with Gasteiger partial charge in [0, 0.05) is 19.8 Å². The summed E-state index contributed by atoms with van der Waals surface area (Å²) in [6, 6.07) is 0. The summed E-state index contributed by atoms with van der Waals surface area (Å²) >= 11 is 0. The molecule has 17 heavy (non-hydrogen) atoms. The molecule has 0 bridgehead atoms. The van der Waals surface area contributed by atoms with Crippen LogP contribution in [-0.4, -0.2) is 61.2 Å². The molecule has 0 amide bonds. The summed E-state index contributed by atoms with van der Waals surface area (Å²) < 4.78 is 5.37. The number of aliphatic hydroxyl groups is 2. The van der Waals surface area contributed by atoms with Gasteiger partial charge in [-0.05, 0) is 39.3 Å². The number of hydrogen-bond acceptors (Lipinski definition) is 4. The van der Waals surface area contributed by atoms with Crippen LogP contribution in [0.3, 0.4) is 0 Å². The molecule has 4 nitrogen and oxygen atoms in total. The third-order valence-corrected chi connectivity index (χ3v) is 2.67. The highest BCUT2D eigenvalue weighted by Crippen LogP contribution is 1.98. The summed E-state index contributed by atoms with van der Waals surface area (Å²) in [6.45, 7) is 5.20. The Morgan fingerprint density at radius 2 is 1.94 bits per heavy atom. The van der Waals surface area contributed by atoms with Gasteiger partial charge >= 0.3 is 0 Å². The Hall–Kier alpha value is -0.160. The van der Waals surface area contributed by atoms with Gasteiger partial charge in [0.1, 0.15) is 0 Å². The molecule has 0 aromatic carbocycles. The predicted molar refractivity (Wildman–Crippen MR) is 70.2 cm³/mol. The number of ether oxygens (including phenoxy) is 1. The SMILES string of the molecule is CCCCOCC(O)CN(C)CCCCCO. The maximum atomic E-state index is 9.71. The number of hydrogen-bond donors (Lipinski definition) is 2. The second-order valence-corrected chi connectivity index (χ2v) is 4.63. The molecule has 0 aromatic heterocycles.